The molecule has 1 aliphatic heterocycles. The van der Waals surface area contributed by atoms with E-state index >= 15 is 0 Å². The van der Waals surface area contributed by atoms with Crippen LogP contribution >= 0.6 is 11.6 Å². The van der Waals surface area contributed by atoms with Gasteiger partial charge in [0.25, 0.3) is 5.91 Å². The Morgan fingerprint density at radius 3 is 2.31 bits per heavy atom. The van der Waals surface area contributed by atoms with Crippen molar-refractivity contribution in [1.29, 1.82) is 0 Å². The van der Waals surface area contributed by atoms with Gasteiger partial charge in [0.15, 0.2) is 0 Å². The molecular weight excluding hydrogens is 432 g/mol. The van der Waals surface area contributed by atoms with E-state index in [-0.39, 0.29) is 5.91 Å². The third-order valence-corrected chi connectivity index (χ3v) is 5.75. The minimum absolute atomic E-state index is 0.00603. The summed E-state index contributed by atoms with van der Waals surface area (Å²) >= 11 is 6.04. The Morgan fingerprint density at radius 2 is 1.69 bits per heavy atom. The number of benzene rings is 2. The van der Waals surface area contributed by atoms with Crippen molar-refractivity contribution in [2.45, 2.75) is 6.92 Å². The third kappa shape index (κ3) is 6.21. The fourth-order valence-corrected chi connectivity index (χ4v) is 3.54. The molecule has 9 heteroatoms. The van der Waals surface area contributed by atoms with Crippen molar-refractivity contribution in [2.24, 2.45) is 0 Å². The number of hydrogen-bond acceptors (Lipinski definition) is 5. The van der Waals surface area contributed by atoms with Gasteiger partial charge in [-0.05, 0) is 48.9 Å². The van der Waals surface area contributed by atoms with Gasteiger partial charge in [0.2, 0.25) is 0 Å². The number of carbonyl (C=O) groups is 3. The Balaban J connectivity index is 1.38. The highest BCUT2D eigenvalue weighted by molar-refractivity contribution is 6.39. The molecule has 0 saturated carbocycles. The minimum atomic E-state index is -0.736. The van der Waals surface area contributed by atoms with E-state index in [2.05, 4.69) is 15.5 Å². The van der Waals surface area contributed by atoms with Crippen LogP contribution in [0, 0.1) is 6.92 Å². The molecule has 170 valence electrons. The third-order valence-electron chi connectivity index (χ3n) is 5.35. The highest BCUT2D eigenvalue weighted by Crippen LogP contribution is 2.19. The van der Waals surface area contributed by atoms with Crippen LogP contribution in [0.25, 0.3) is 0 Å². The Bertz CT molecular complexity index is 972. The first-order chi connectivity index (χ1) is 15.4. The number of nitrogens with zero attached hydrogens (tertiary/aromatic N) is 2. The molecule has 0 radical (unpaired) electrons. The fraction of sp³-hybridized carbons (Fsp3) is 0.348. The van der Waals surface area contributed by atoms with Gasteiger partial charge in [-0.2, -0.15) is 0 Å². The second kappa shape index (κ2) is 11.0. The van der Waals surface area contributed by atoms with Crippen molar-refractivity contribution >= 4 is 35.0 Å². The van der Waals surface area contributed by atoms with E-state index in [0.29, 0.717) is 61.3 Å². The molecule has 0 aliphatic carbocycles. The predicted octanol–water partition coefficient (Wildman–Crippen LogP) is 2.17. The van der Waals surface area contributed by atoms with Gasteiger partial charge in [0.05, 0.1) is 7.11 Å². The Labute approximate surface area is 192 Å². The number of ether oxygens (including phenoxy) is 1. The number of amides is 3. The molecule has 32 heavy (non-hydrogen) atoms. The van der Waals surface area contributed by atoms with Crippen molar-refractivity contribution in [2.75, 3.05) is 51.7 Å². The quantitative estimate of drug-likeness (QED) is 0.647. The number of piperazine rings is 1. The molecule has 2 aromatic carbocycles. The topological polar surface area (TPSA) is 91.0 Å². The minimum Gasteiger partial charge on any atom is -0.497 e. The predicted molar refractivity (Wildman–Crippen MR) is 123 cm³/mol. The highest BCUT2D eigenvalue weighted by Gasteiger charge is 2.22. The van der Waals surface area contributed by atoms with Crippen molar-refractivity contribution in [1.82, 2.24) is 15.1 Å². The number of hydrogen-bond donors (Lipinski definition) is 2. The number of carbonyl (C=O) groups excluding carboxylic acids is 3. The van der Waals surface area contributed by atoms with Gasteiger partial charge in [-0.25, -0.2) is 0 Å². The highest BCUT2D eigenvalue weighted by atomic mass is 35.5. The maximum atomic E-state index is 12.6. The standard InChI is InChI=1S/C23H27ClN4O4/c1-16-3-6-18(15-20(16)24)26-22(30)21(29)25-9-10-27-11-13-28(14-12-27)23(31)17-4-7-19(32-2)8-5-17/h3-8,15H,9-14H2,1-2H3,(H,25,29)(H,26,30). The summed E-state index contributed by atoms with van der Waals surface area (Å²) in [5.74, 6) is -0.729. The number of rotatable bonds is 6. The van der Waals surface area contributed by atoms with Crippen LogP contribution in [0.5, 0.6) is 5.75 Å². The molecule has 0 unspecified atom stereocenters. The first-order valence-electron chi connectivity index (χ1n) is 10.4. The summed E-state index contributed by atoms with van der Waals surface area (Å²) in [4.78, 5) is 40.7. The van der Waals surface area contributed by atoms with Crippen LogP contribution < -0.4 is 15.4 Å². The van der Waals surface area contributed by atoms with Crippen LogP contribution in [0.15, 0.2) is 42.5 Å². The van der Waals surface area contributed by atoms with Crippen molar-refractivity contribution in [3.8, 4) is 5.75 Å². The summed E-state index contributed by atoms with van der Waals surface area (Å²) in [7, 11) is 1.59. The lowest BCUT2D eigenvalue weighted by molar-refractivity contribution is -0.136. The molecule has 2 N–H and O–H groups in total. The zero-order valence-corrected chi connectivity index (χ0v) is 18.9. The lowest BCUT2D eigenvalue weighted by Gasteiger charge is -2.34. The average molecular weight is 459 g/mol. The van der Waals surface area contributed by atoms with E-state index in [1.807, 2.05) is 11.8 Å². The van der Waals surface area contributed by atoms with Crippen molar-refractivity contribution in [3.05, 3.63) is 58.6 Å². The van der Waals surface area contributed by atoms with E-state index in [4.69, 9.17) is 16.3 Å². The van der Waals surface area contributed by atoms with Crippen LogP contribution in [0.2, 0.25) is 5.02 Å². The number of nitrogens with one attached hydrogen (secondary N) is 2. The molecular formula is C23H27ClN4O4. The van der Waals surface area contributed by atoms with Gasteiger partial charge in [0.1, 0.15) is 5.75 Å². The van der Waals surface area contributed by atoms with Crippen LogP contribution in [0.4, 0.5) is 5.69 Å². The van der Waals surface area contributed by atoms with Crippen molar-refractivity contribution < 1.29 is 19.1 Å². The van der Waals surface area contributed by atoms with E-state index < -0.39 is 11.8 Å². The van der Waals surface area contributed by atoms with Gasteiger partial charge >= 0.3 is 11.8 Å². The van der Waals surface area contributed by atoms with E-state index in [9.17, 15) is 14.4 Å². The van der Waals surface area contributed by atoms with E-state index in [0.717, 1.165) is 5.56 Å². The van der Waals surface area contributed by atoms with Gasteiger partial charge in [0, 0.05) is 55.5 Å². The average Bonchev–Trinajstić information content (AvgIpc) is 2.81. The lowest BCUT2D eigenvalue weighted by atomic mass is 10.1. The molecule has 0 bridgehead atoms. The zero-order chi connectivity index (χ0) is 23.1. The molecule has 1 saturated heterocycles. The number of aryl methyl sites for hydroxylation is 1. The first-order valence-corrected chi connectivity index (χ1v) is 10.8. The Kier molecular flexibility index (Phi) is 8.08. The summed E-state index contributed by atoms with van der Waals surface area (Å²) in [6, 6.07) is 12.1. The van der Waals surface area contributed by atoms with Gasteiger partial charge in [-0.15, -0.1) is 0 Å². The number of anilines is 1. The Hall–Kier alpha value is -3.10. The van der Waals surface area contributed by atoms with E-state index in [1.54, 1.807) is 49.6 Å². The monoisotopic (exact) mass is 458 g/mol. The van der Waals surface area contributed by atoms with Crippen LogP contribution in [-0.2, 0) is 9.59 Å². The molecule has 0 aromatic heterocycles. The summed E-state index contributed by atoms with van der Waals surface area (Å²) < 4.78 is 5.12. The van der Waals surface area contributed by atoms with Crippen molar-refractivity contribution in [3.63, 3.8) is 0 Å². The number of methoxy groups -OCH3 is 1. The zero-order valence-electron chi connectivity index (χ0n) is 18.2. The number of halogens is 1. The smallest absolute Gasteiger partial charge is 0.313 e. The molecule has 1 heterocycles. The van der Waals surface area contributed by atoms with E-state index in [1.165, 1.54) is 0 Å². The summed E-state index contributed by atoms with van der Waals surface area (Å²) in [5.41, 5.74) is 1.99. The molecule has 8 nitrogen and oxygen atoms in total. The Morgan fingerprint density at radius 1 is 1.00 bits per heavy atom. The molecule has 3 rings (SSSR count). The lowest BCUT2D eigenvalue weighted by Crippen LogP contribution is -2.50. The fourth-order valence-electron chi connectivity index (χ4n) is 3.36. The maximum absolute atomic E-state index is 12.6. The van der Waals surface area contributed by atoms with Crippen LogP contribution in [0.1, 0.15) is 15.9 Å². The van der Waals surface area contributed by atoms with Crippen LogP contribution in [-0.4, -0.2) is 73.9 Å². The van der Waals surface area contributed by atoms with Crippen LogP contribution in [0.3, 0.4) is 0 Å². The summed E-state index contributed by atoms with van der Waals surface area (Å²) in [6.45, 7) is 5.40. The van der Waals surface area contributed by atoms with Gasteiger partial charge in [-0.1, -0.05) is 17.7 Å². The largest absolute Gasteiger partial charge is 0.497 e. The molecule has 1 fully saturated rings. The second-order valence-electron chi connectivity index (χ2n) is 7.54. The SMILES string of the molecule is COc1ccc(C(=O)N2CCN(CCNC(=O)C(=O)Nc3ccc(C)c(Cl)c3)CC2)cc1. The molecule has 2 aromatic rings. The second-order valence-corrected chi connectivity index (χ2v) is 7.94. The molecule has 3 amide bonds. The first kappa shape index (κ1) is 23.6. The molecule has 0 spiro atoms. The maximum Gasteiger partial charge on any atom is 0.313 e. The van der Waals surface area contributed by atoms with Gasteiger partial charge in [-0.3, -0.25) is 19.3 Å². The summed E-state index contributed by atoms with van der Waals surface area (Å²) in [5, 5.41) is 5.69. The molecule has 1 aliphatic rings. The van der Waals surface area contributed by atoms with Gasteiger partial charge < -0.3 is 20.3 Å². The summed E-state index contributed by atoms with van der Waals surface area (Å²) in [6.07, 6.45) is 0. The normalized spacial score (nSPS) is 14.0. The molecule has 0 atom stereocenters.